The summed E-state index contributed by atoms with van der Waals surface area (Å²) in [6.07, 6.45) is 5.44. The maximum absolute atomic E-state index is 12.3. The summed E-state index contributed by atoms with van der Waals surface area (Å²) in [7, 11) is 0.667. The van der Waals surface area contributed by atoms with E-state index in [2.05, 4.69) is 50.0 Å². The van der Waals surface area contributed by atoms with Gasteiger partial charge in [0.2, 0.25) is 0 Å². The van der Waals surface area contributed by atoms with Crippen molar-refractivity contribution in [3.63, 3.8) is 0 Å². The molecule has 2 heterocycles. The Morgan fingerprint density at radius 2 is 1.87 bits per heavy atom. The number of rotatable bonds is 6. The molecule has 7 heteroatoms. The van der Waals surface area contributed by atoms with E-state index < -0.39 is 9.04 Å². The Bertz CT molecular complexity index is 1090. The minimum atomic E-state index is -1.01. The van der Waals surface area contributed by atoms with Crippen LogP contribution in [0.2, 0.25) is 13.1 Å². The number of hydrogen-bond acceptors (Lipinski definition) is 4. The molecule has 0 aliphatic rings. The molecular weight excluding hydrogens is 394 g/mol. The molecule has 1 radical (unpaired) electrons. The van der Waals surface area contributed by atoms with Crippen LogP contribution in [0.25, 0.3) is 18.0 Å². The second-order valence-corrected chi connectivity index (χ2v) is 10.3. The van der Waals surface area contributed by atoms with Gasteiger partial charge in [-0.25, -0.2) is 9.67 Å². The Morgan fingerprint density at radius 1 is 1.10 bits per heavy atom. The van der Waals surface area contributed by atoms with Crippen LogP contribution in [0.15, 0.2) is 47.4 Å². The smallest absolute Gasteiger partial charge is 0.274 e. The quantitative estimate of drug-likeness (QED) is 0.586. The highest BCUT2D eigenvalue weighted by molar-refractivity contribution is 6.49. The molecule has 3 rings (SSSR count). The molecule has 3 aromatic rings. The summed E-state index contributed by atoms with van der Waals surface area (Å²) in [6, 6.07) is 11.1. The molecule has 30 heavy (non-hydrogen) atoms. The molecular formula is C23H28N3O3Si. The third kappa shape index (κ3) is 4.73. The molecule has 1 N–H and O–H groups in total. The first-order chi connectivity index (χ1) is 14.2. The van der Waals surface area contributed by atoms with E-state index in [-0.39, 0.29) is 11.0 Å². The topological polar surface area (TPSA) is 69.1 Å². The molecule has 0 spiro atoms. The standard InChI is InChI=1S/C23H28N3O3Si/c1-23(2,3)18-13-11-16(21(22(18)28-4)29-30(5)6)10-12-17-15-20(27)26(25-17)19-9-7-8-14-24-19/h7-15,25H,1-6H3/b12-10+. The largest absolute Gasteiger partial charge is 0.540 e. The van der Waals surface area contributed by atoms with Gasteiger partial charge in [-0.15, -0.1) is 0 Å². The van der Waals surface area contributed by atoms with Gasteiger partial charge in [0.25, 0.3) is 14.6 Å². The number of aromatic nitrogens is 3. The van der Waals surface area contributed by atoms with Gasteiger partial charge in [-0.3, -0.25) is 9.89 Å². The van der Waals surface area contributed by atoms with Crippen molar-refractivity contribution in [2.45, 2.75) is 39.3 Å². The Kier molecular flexibility index (Phi) is 6.31. The number of aromatic amines is 1. The van der Waals surface area contributed by atoms with Crippen molar-refractivity contribution >= 4 is 21.2 Å². The minimum Gasteiger partial charge on any atom is -0.540 e. The molecule has 0 unspecified atom stereocenters. The van der Waals surface area contributed by atoms with Crippen molar-refractivity contribution in [1.29, 1.82) is 0 Å². The van der Waals surface area contributed by atoms with Crippen molar-refractivity contribution in [1.82, 2.24) is 14.8 Å². The fourth-order valence-corrected chi connectivity index (χ4v) is 3.77. The molecule has 6 nitrogen and oxygen atoms in total. The van der Waals surface area contributed by atoms with Crippen molar-refractivity contribution in [2.24, 2.45) is 0 Å². The predicted octanol–water partition coefficient (Wildman–Crippen LogP) is 4.67. The molecule has 0 amide bonds. The van der Waals surface area contributed by atoms with Crippen molar-refractivity contribution in [3.05, 3.63) is 69.8 Å². The average molecular weight is 423 g/mol. The first-order valence-corrected chi connectivity index (χ1v) is 12.2. The van der Waals surface area contributed by atoms with E-state index >= 15 is 0 Å². The molecule has 0 bridgehead atoms. The van der Waals surface area contributed by atoms with Crippen LogP contribution in [-0.4, -0.2) is 30.9 Å². The summed E-state index contributed by atoms with van der Waals surface area (Å²) < 4.78 is 13.4. The lowest BCUT2D eigenvalue weighted by Gasteiger charge is -2.25. The number of nitrogens with zero attached hydrogens (tertiary/aromatic N) is 2. The molecule has 0 fully saturated rings. The van der Waals surface area contributed by atoms with Crippen LogP contribution in [-0.2, 0) is 5.41 Å². The maximum Gasteiger partial charge on any atom is 0.274 e. The van der Waals surface area contributed by atoms with Gasteiger partial charge in [0.15, 0.2) is 17.3 Å². The van der Waals surface area contributed by atoms with Crippen molar-refractivity contribution < 1.29 is 9.16 Å². The summed E-state index contributed by atoms with van der Waals surface area (Å²) >= 11 is 0. The number of benzene rings is 1. The number of pyridine rings is 1. The Balaban J connectivity index is 2.02. The summed E-state index contributed by atoms with van der Waals surface area (Å²) in [5, 5.41) is 3.08. The number of H-pyrrole nitrogens is 1. The van der Waals surface area contributed by atoms with E-state index in [9.17, 15) is 4.79 Å². The zero-order chi connectivity index (χ0) is 21.9. The second kappa shape index (κ2) is 8.75. The highest BCUT2D eigenvalue weighted by Crippen LogP contribution is 2.41. The van der Waals surface area contributed by atoms with Gasteiger partial charge >= 0.3 is 0 Å². The van der Waals surface area contributed by atoms with Crippen molar-refractivity contribution in [3.8, 4) is 17.3 Å². The third-order valence-electron chi connectivity index (χ3n) is 4.52. The SMILES string of the molecule is COc1c(C(C)(C)C)ccc(/C=C/c2cc(=O)n(-c3ccccn3)[nH]2)c1O[Si](C)C. The molecule has 0 aliphatic heterocycles. The molecule has 0 atom stereocenters. The monoisotopic (exact) mass is 422 g/mol. The van der Waals surface area contributed by atoms with Crippen LogP contribution in [0, 0.1) is 0 Å². The minimum absolute atomic E-state index is 0.0782. The molecule has 0 saturated carbocycles. The zero-order valence-electron chi connectivity index (χ0n) is 18.3. The lowest BCUT2D eigenvalue weighted by molar-refractivity contribution is 0.378. The third-order valence-corrected chi connectivity index (χ3v) is 5.13. The van der Waals surface area contributed by atoms with Gasteiger partial charge in [-0.1, -0.05) is 39.0 Å². The number of ether oxygens (including phenoxy) is 1. The van der Waals surface area contributed by atoms with Gasteiger partial charge in [-0.2, -0.15) is 0 Å². The number of nitrogens with one attached hydrogen (secondary N) is 1. The van der Waals surface area contributed by atoms with E-state index in [1.165, 1.54) is 4.68 Å². The highest BCUT2D eigenvalue weighted by Gasteiger charge is 2.24. The summed E-state index contributed by atoms with van der Waals surface area (Å²) in [6.45, 7) is 10.6. The molecule has 0 aliphatic carbocycles. The highest BCUT2D eigenvalue weighted by atomic mass is 28.3. The second-order valence-electron chi connectivity index (χ2n) is 8.23. The van der Waals surface area contributed by atoms with Crippen LogP contribution in [0.5, 0.6) is 11.5 Å². The molecule has 1 aromatic carbocycles. The number of hydrogen-bond donors (Lipinski definition) is 1. The average Bonchev–Trinajstić information content (AvgIpc) is 3.06. The van der Waals surface area contributed by atoms with Crippen LogP contribution in [0.1, 0.15) is 37.6 Å². The zero-order valence-corrected chi connectivity index (χ0v) is 19.3. The van der Waals surface area contributed by atoms with Crippen LogP contribution >= 0.6 is 0 Å². The van der Waals surface area contributed by atoms with Gasteiger partial charge in [0.1, 0.15) is 0 Å². The van der Waals surface area contributed by atoms with E-state index in [4.69, 9.17) is 9.16 Å². The lowest BCUT2D eigenvalue weighted by atomic mass is 9.85. The lowest BCUT2D eigenvalue weighted by Crippen LogP contribution is -2.17. The number of methoxy groups -OCH3 is 1. The van der Waals surface area contributed by atoms with E-state index in [1.54, 1.807) is 25.4 Å². The van der Waals surface area contributed by atoms with E-state index in [0.29, 0.717) is 11.5 Å². The van der Waals surface area contributed by atoms with E-state index in [0.717, 1.165) is 22.6 Å². The molecule has 157 valence electrons. The van der Waals surface area contributed by atoms with Crippen LogP contribution in [0.4, 0.5) is 0 Å². The fourth-order valence-electron chi connectivity index (χ4n) is 3.15. The first-order valence-electron chi connectivity index (χ1n) is 9.81. The van der Waals surface area contributed by atoms with Crippen LogP contribution in [0.3, 0.4) is 0 Å². The predicted molar refractivity (Wildman–Crippen MR) is 123 cm³/mol. The maximum atomic E-state index is 12.3. The van der Waals surface area contributed by atoms with Crippen LogP contribution < -0.4 is 14.7 Å². The van der Waals surface area contributed by atoms with Gasteiger partial charge in [0, 0.05) is 23.4 Å². The van der Waals surface area contributed by atoms with Gasteiger partial charge in [-0.05, 0) is 42.8 Å². The first kappa shape index (κ1) is 21.6. The van der Waals surface area contributed by atoms with E-state index in [1.807, 2.05) is 30.4 Å². The molecule has 2 aromatic heterocycles. The normalized spacial score (nSPS) is 12.0. The summed E-state index contributed by atoms with van der Waals surface area (Å²) in [4.78, 5) is 16.6. The Morgan fingerprint density at radius 3 is 2.47 bits per heavy atom. The Labute approximate surface area is 178 Å². The van der Waals surface area contributed by atoms with Gasteiger partial charge < -0.3 is 9.16 Å². The van der Waals surface area contributed by atoms with Crippen molar-refractivity contribution in [2.75, 3.05) is 7.11 Å². The summed E-state index contributed by atoms with van der Waals surface area (Å²) in [5.41, 5.74) is 2.42. The summed E-state index contributed by atoms with van der Waals surface area (Å²) in [5.74, 6) is 2.05. The molecule has 0 saturated heterocycles. The fraction of sp³-hybridized carbons (Fsp3) is 0.304. The van der Waals surface area contributed by atoms with Gasteiger partial charge in [0.05, 0.1) is 12.8 Å². The Hall–Kier alpha value is -3.06.